The predicted molar refractivity (Wildman–Crippen MR) is 101 cm³/mol. The van der Waals surface area contributed by atoms with Crippen LogP contribution in [0.3, 0.4) is 0 Å². The van der Waals surface area contributed by atoms with Gasteiger partial charge in [-0.25, -0.2) is 8.42 Å². The summed E-state index contributed by atoms with van der Waals surface area (Å²) in [4.78, 5) is 14.5. The first kappa shape index (κ1) is 17.9. The van der Waals surface area contributed by atoms with Gasteiger partial charge in [0.1, 0.15) is 0 Å². The minimum Gasteiger partial charge on any atom is -0.338 e. The van der Waals surface area contributed by atoms with Crippen LogP contribution in [0.1, 0.15) is 23.7 Å². The molecule has 0 bridgehead atoms. The van der Waals surface area contributed by atoms with Crippen molar-refractivity contribution >= 4 is 37.5 Å². The van der Waals surface area contributed by atoms with E-state index < -0.39 is 10.0 Å². The number of likely N-dealkylation sites (tertiary alicyclic amines) is 1. The molecule has 1 aliphatic heterocycles. The molecule has 2 aromatic rings. The third kappa shape index (κ3) is 4.22. The van der Waals surface area contributed by atoms with Crippen LogP contribution in [0.5, 0.6) is 0 Å². The number of carbonyl (C=O) groups excluding carboxylic acids is 1. The second kappa shape index (κ2) is 7.17. The van der Waals surface area contributed by atoms with Crippen LogP contribution in [-0.4, -0.2) is 32.3 Å². The van der Waals surface area contributed by atoms with Gasteiger partial charge in [0.25, 0.3) is 15.9 Å². The topological polar surface area (TPSA) is 66.5 Å². The number of carbonyl (C=O) groups is 1. The lowest BCUT2D eigenvalue weighted by Gasteiger charge is -2.16. The van der Waals surface area contributed by atoms with E-state index in [-0.39, 0.29) is 10.8 Å². The molecule has 5 nitrogen and oxygen atoms in total. The molecule has 1 saturated heterocycles. The molecule has 1 aliphatic rings. The van der Waals surface area contributed by atoms with Gasteiger partial charge in [0.2, 0.25) is 0 Å². The van der Waals surface area contributed by atoms with Gasteiger partial charge < -0.3 is 4.90 Å². The monoisotopic (exact) mass is 422 g/mol. The van der Waals surface area contributed by atoms with Crippen molar-refractivity contribution in [1.29, 1.82) is 0 Å². The van der Waals surface area contributed by atoms with E-state index in [9.17, 15) is 13.2 Å². The first-order valence-electron chi connectivity index (χ1n) is 8.03. The fourth-order valence-electron chi connectivity index (χ4n) is 2.85. The molecule has 1 amide bonds. The number of sulfonamides is 1. The normalized spacial score (nSPS) is 17.5. The molecule has 132 valence electrons. The maximum atomic E-state index is 12.6. The number of nitrogens with zero attached hydrogens (tertiary/aromatic N) is 1. The van der Waals surface area contributed by atoms with E-state index in [2.05, 4.69) is 27.6 Å². The van der Waals surface area contributed by atoms with E-state index in [1.54, 1.807) is 36.4 Å². The zero-order chi connectivity index (χ0) is 18.0. The predicted octanol–water partition coefficient (Wildman–Crippen LogP) is 3.73. The van der Waals surface area contributed by atoms with Gasteiger partial charge in [-0.05, 0) is 54.8 Å². The highest BCUT2D eigenvalue weighted by molar-refractivity contribution is 9.10. The highest BCUT2D eigenvalue weighted by Crippen LogP contribution is 2.22. The van der Waals surface area contributed by atoms with Gasteiger partial charge in [-0.15, -0.1) is 0 Å². The van der Waals surface area contributed by atoms with E-state index in [0.717, 1.165) is 24.0 Å². The number of amides is 1. The minimum absolute atomic E-state index is 0.0611. The van der Waals surface area contributed by atoms with Crippen LogP contribution in [0.4, 0.5) is 5.69 Å². The Morgan fingerprint density at radius 3 is 2.56 bits per heavy atom. The maximum Gasteiger partial charge on any atom is 0.261 e. The number of nitrogens with one attached hydrogen (secondary N) is 1. The Bertz CT molecular complexity index is 881. The van der Waals surface area contributed by atoms with Gasteiger partial charge in [0.15, 0.2) is 0 Å². The quantitative estimate of drug-likeness (QED) is 0.815. The Kier molecular flexibility index (Phi) is 5.15. The smallest absolute Gasteiger partial charge is 0.261 e. The average Bonchev–Trinajstić information content (AvgIpc) is 3.01. The summed E-state index contributed by atoms with van der Waals surface area (Å²) >= 11 is 3.28. The Morgan fingerprint density at radius 1 is 1.20 bits per heavy atom. The lowest BCUT2D eigenvalue weighted by atomic mass is 10.1. The number of anilines is 1. The van der Waals surface area contributed by atoms with E-state index in [1.165, 1.54) is 12.1 Å². The molecular weight excluding hydrogens is 404 g/mol. The second-order valence-corrected chi connectivity index (χ2v) is 8.88. The molecule has 0 spiro atoms. The number of benzene rings is 2. The first-order chi connectivity index (χ1) is 11.8. The van der Waals surface area contributed by atoms with Crippen molar-refractivity contribution in [3.05, 3.63) is 58.6 Å². The SMILES string of the molecule is CC1CCN(C(=O)c2cccc(NS(=O)(=O)c3ccc(Br)cc3)c2)C1. The molecule has 0 saturated carbocycles. The molecule has 3 rings (SSSR count). The Labute approximate surface area is 156 Å². The van der Waals surface area contributed by atoms with Gasteiger partial charge in [-0.1, -0.05) is 28.9 Å². The van der Waals surface area contributed by atoms with Crippen LogP contribution in [0.2, 0.25) is 0 Å². The lowest BCUT2D eigenvalue weighted by Crippen LogP contribution is -2.28. The molecule has 2 aromatic carbocycles. The number of hydrogen-bond donors (Lipinski definition) is 1. The fourth-order valence-corrected chi connectivity index (χ4v) is 4.16. The third-order valence-corrected chi connectivity index (χ3v) is 6.12. The molecule has 0 aromatic heterocycles. The van der Waals surface area contributed by atoms with Crippen LogP contribution in [0.25, 0.3) is 0 Å². The van der Waals surface area contributed by atoms with Crippen molar-refractivity contribution in [3.63, 3.8) is 0 Å². The van der Waals surface area contributed by atoms with Gasteiger partial charge >= 0.3 is 0 Å². The van der Waals surface area contributed by atoms with Crippen LogP contribution < -0.4 is 4.72 Å². The Hall–Kier alpha value is -1.86. The van der Waals surface area contributed by atoms with Crippen LogP contribution in [0.15, 0.2) is 57.9 Å². The van der Waals surface area contributed by atoms with E-state index in [4.69, 9.17) is 0 Å². The molecule has 0 radical (unpaired) electrons. The fraction of sp³-hybridized carbons (Fsp3) is 0.278. The molecule has 1 unspecified atom stereocenters. The van der Waals surface area contributed by atoms with E-state index in [1.807, 2.05) is 4.90 Å². The summed E-state index contributed by atoms with van der Waals surface area (Å²) in [6.07, 6.45) is 1.00. The second-order valence-electron chi connectivity index (χ2n) is 6.29. The van der Waals surface area contributed by atoms with Gasteiger partial charge in [0, 0.05) is 28.8 Å². The molecule has 1 N–H and O–H groups in total. The van der Waals surface area contributed by atoms with Crippen molar-refractivity contribution in [1.82, 2.24) is 4.90 Å². The van der Waals surface area contributed by atoms with Crippen molar-refractivity contribution < 1.29 is 13.2 Å². The summed E-state index contributed by atoms with van der Waals surface area (Å²) < 4.78 is 28.3. The zero-order valence-corrected chi connectivity index (χ0v) is 16.2. The highest BCUT2D eigenvalue weighted by Gasteiger charge is 2.24. The van der Waals surface area contributed by atoms with Crippen molar-refractivity contribution in [2.75, 3.05) is 17.8 Å². The van der Waals surface area contributed by atoms with Crippen molar-refractivity contribution in [3.8, 4) is 0 Å². The zero-order valence-electron chi connectivity index (χ0n) is 13.8. The van der Waals surface area contributed by atoms with Crippen molar-refractivity contribution in [2.45, 2.75) is 18.2 Å². The molecule has 1 atom stereocenters. The standard InChI is InChI=1S/C18H19BrN2O3S/c1-13-9-10-21(12-13)18(22)14-3-2-4-16(11-14)20-25(23,24)17-7-5-15(19)6-8-17/h2-8,11,13,20H,9-10,12H2,1H3. The molecular formula is C18H19BrN2O3S. The summed E-state index contributed by atoms with van der Waals surface area (Å²) in [5.41, 5.74) is 0.867. The minimum atomic E-state index is -3.70. The highest BCUT2D eigenvalue weighted by atomic mass is 79.9. The summed E-state index contributed by atoms with van der Waals surface area (Å²) in [6, 6.07) is 13.0. The molecule has 7 heteroatoms. The van der Waals surface area contributed by atoms with Crippen LogP contribution in [-0.2, 0) is 10.0 Å². The summed E-state index contributed by atoms with van der Waals surface area (Å²) in [6.45, 7) is 3.61. The summed E-state index contributed by atoms with van der Waals surface area (Å²) in [7, 11) is -3.70. The van der Waals surface area contributed by atoms with E-state index >= 15 is 0 Å². The Balaban J connectivity index is 1.79. The molecule has 25 heavy (non-hydrogen) atoms. The largest absolute Gasteiger partial charge is 0.338 e. The average molecular weight is 423 g/mol. The van der Waals surface area contributed by atoms with E-state index in [0.29, 0.717) is 17.2 Å². The number of halogens is 1. The van der Waals surface area contributed by atoms with Gasteiger partial charge in [0.05, 0.1) is 4.90 Å². The molecule has 0 aliphatic carbocycles. The summed E-state index contributed by atoms with van der Waals surface area (Å²) in [5.74, 6) is 0.442. The molecule has 1 fully saturated rings. The van der Waals surface area contributed by atoms with Gasteiger partial charge in [-0.2, -0.15) is 0 Å². The first-order valence-corrected chi connectivity index (χ1v) is 10.3. The Morgan fingerprint density at radius 2 is 1.92 bits per heavy atom. The lowest BCUT2D eigenvalue weighted by molar-refractivity contribution is 0.0788. The van der Waals surface area contributed by atoms with Crippen LogP contribution >= 0.6 is 15.9 Å². The maximum absolute atomic E-state index is 12.6. The third-order valence-electron chi connectivity index (χ3n) is 4.20. The van der Waals surface area contributed by atoms with Crippen molar-refractivity contribution in [2.24, 2.45) is 5.92 Å². The molecule has 1 heterocycles. The number of hydrogen-bond acceptors (Lipinski definition) is 3. The van der Waals surface area contributed by atoms with Gasteiger partial charge in [-0.3, -0.25) is 9.52 Å². The number of rotatable bonds is 4. The summed E-state index contributed by atoms with van der Waals surface area (Å²) in [5, 5.41) is 0. The van der Waals surface area contributed by atoms with Crippen LogP contribution in [0, 0.1) is 5.92 Å².